The molecule has 0 aromatic heterocycles. The molecule has 0 radical (unpaired) electrons. The molecule has 1 amide bonds. The molecule has 0 atom stereocenters. The molecule has 2 aromatic rings. The second-order valence-electron chi connectivity index (χ2n) is 6.41. The Balaban J connectivity index is 1.64. The van der Waals surface area contributed by atoms with Crippen LogP contribution in [0.25, 0.3) is 0 Å². The van der Waals surface area contributed by atoms with Gasteiger partial charge in [-0.05, 0) is 30.3 Å². The Labute approximate surface area is 166 Å². The predicted octanol–water partition coefficient (Wildman–Crippen LogP) is 1.69. The number of benzene rings is 2. The second kappa shape index (κ2) is 7.35. The van der Waals surface area contributed by atoms with Crippen LogP contribution in [0.1, 0.15) is 5.56 Å². The van der Waals surface area contributed by atoms with E-state index >= 15 is 0 Å². The van der Waals surface area contributed by atoms with Gasteiger partial charge in [0.1, 0.15) is 5.71 Å². The lowest BCUT2D eigenvalue weighted by Gasteiger charge is -2.26. The van der Waals surface area contributed by atoms with Gasteiger partial charge in [0.15, 0.2) is 0 Å². The number of sulfonamides is 1. The van der Waals surface area contributed by atoms with E-state index in [2.05, 4.69) is 10.3 Å². The molecule has 4 rings (SSSR count). The second-order valence-corrected chi connectivity index (χ2v) is 8.35. The molecule has 2 aliphatic rings. The molecule has 0 unspecified atom stereocenters. The molecule has 150 valence electrons. The number of nitro groups is 1. The van der Waals surface area contributed by atoms with E-state index in [-0.39, 0.29) is 16.3 Å². The molecule has 0 bridgehead atoms. The van der Waals surface area contributed by atoms with Crippen LogP contribution in [0, 0.1) is 10.1 Å². The van der Waals surface area contributed by atoms with E-state index in [0.29, 0.717) is 43.2 Å². The standard InChI is InChI=1S/C18H16N4O6S/c23-18-17(15-11-13(22(24)25)3-6-16(15)20-18)19-12-1-4-14(5-2-12)29(26,27)21-7-9-28-10-8-21/h1-6,11H,7-10H2,(H,19,20,23). The maximum Gasteiger partial charge on any atom is 0.275 e. The Morgan fingerprint density at radius 3 is 2.45 bits per heavy atom. The van der Waals surface area contributed by atoms with Gasteiger partial charge in [-0.25, -0.2) is 13.4 Å². The average molecular weight is 416 g/mol. The molecule has 29 heavy (non-hydrogen) atoms. The Bertz CT molecular complexity index is 1120. The van der Waals surface area contributed by atoms with Crippen LogP contribution in [0.15, 0.2) is 52.4 Å². The molecular formula is C18H16N4O6S. The molecule has 0 spiro atoms. The molecule has 1 N–H and O–H groups in total. The topological polar surface area (TPSA) is 131 Å². The number of nitro benzene ring substituents is 1. The normalized spacial score (nSPS) is 18.5. The van der Waals surface area contributed by atoms with Gasteiger partial charge in [0.2, 0.25) is 10.0 Å². The van der Waals surface area contributed by atoms with Crippen molar-refractivity contribution in [1.29, 1.82) is 0 Å². The monoisotopic (exact) mass is 416 g/mol. The zero-order valence-electron chi connectivity index (χ0n) is 15.1. The van der Waals surface area contributed by atoms with E-state index in [0.717, 1.165) is 0 Å². The van der Waals surface area contributed by atoms with E-state index in [1.165, 1.54) is 46.8 Å². The minimum Gasteiger partial charge on any atom is -0.379 e. The van der Waals surface area contributed by atoms with Crippen molar-refractivity contribution >= 4 is 38.7 Å². The van der Waals surface area contributed by atoms with Crippen LogP contribution in [0.2, 0.25) is 0 Å². The van der Waals surface area contributed by atoms with Crippen molar-refractivity contribution in [2.45, 2.75) is 4.90 Å². The molecule has 2 aliphatic heterocycles. The third-order valence-electron chi connectivity index (χ3n) is 4.62. The summed E-state index contributed by atoms with van der Waals surface area (Å²) in [6.07, 6.45) is 0. The largest absolute Gasteiger partial charge is 0.379 e. The Hall–Kier alpha value is -3.15. The number of rotatable bonds is 4. The molecule has 2 heterocycles. The van der Waals surface area contributed by atoms with E-state index in [1.54, 1.807) is 0 Å². The summed E-state index contributed by atoms with van der Waals surface area (Å²) in [4.78, 5) is 27.1. The van der Waals surface area contributed by atoms with E-state index < -0.39 is 20.9 Å². The zero-order chi connectivity index (χ0) is 20.6. The van der Waals surface area contributed by atoms with Crippen molar-refractivity contribution in [3.05, 3.63) is 58.1 Å². The first-order valence-corrected chi connectivity index (χ1v) is 10.2. The molecule has 0 aliphatic carbocycles. The van der Waals surface area contributed by atoms with Crippen molar-refractivity contribution in [2.75, 3.05) is 31.6 Å². The fourth-order valence-electron chi connectivity index (χ4n) is 3.12. The number of nitrogens with one attached hydrogen (secondary N) is 1. The van der Waals surface area contributed by atoms with Gasteiger partial charge in [-0.3, -0.25) is 14.9 Å². The van der Waals surface area contributed by atoms with Crippen molar-refractivity contribution in [1.82, 2.24) is 4.31 Å². The molecule has 10 nitrogen and oxygen atoms in total. The maximum atomic E-state index is 12.7. The fourth-order valence-corrected chi connectivity index (χ4v) is 4.53. The first-order chi connectivity index (χ1) is 13.9. The number of hydrogen-bond donors (Lipinski definition) is 1. The summed E-state index contributed by atoms with van der Waals surface area (Å²) in [7, 11) is -3.63. The number of carbonyl (C=O) groups excluding carboxylic acids is 1. The van der Waals surface area contributed by atoms with E-state index in [9.17, 15) is 23.3 Å². The highest BCUT2D eigenvalue weighted by Gasteiger charge is 2.29. The summed E-state index contributed by atoms with van der Waals surface area (Å²) in [5.74, 6) is -0.481. The fraction of sp³-hybridized carbons (Fsp3) is 0.222. The number of hydrogen-bond acceptors (Lipinski definition) is 7. The minimum absolute atomic E-state index is 0.0347. The number of morpholine rings is 1. The lowest BCUT2D eigenvalue weighted by atomic mass is 10.1. The van der Waals surface area contributed by atoms with Gasteiger partial charge in [0, 0.05) is 30.8 Å². The van der Waals surface area contributed by atoms with Crippen LogP contribution in [0.4, 0.5) is 17.1 Å². The van der Waals surface area contributed by atoms with Crippen LogP contribution in [0.3, 0.4) is 0 Å². The average Bonchev–Trinajstić information content (AvgIpc) is 3.03. The molecule has 2 aromatic carbocycles. The van der Waals surface area contributed by atoms with Crippen molar-refractivity contribution in [3.63, 3.8) is 0 Å². The Kier molecular flexibility index (Phi) is 4.86. The minimum atomic E-state index is -3.63. The van der Waals surface area contributed by atoms with Crippen LogP contribution >= 0.6 is 0 Å². The summed E-state index contributed by atoms with van der Waals surface area (Å²) in [5, 5.41) is 13.6. The summed E-state index contributed by atoms with van der Waals surface area (Å²) >= 11 is 0. The van der Waals surface area contributed by atoms with Gasteiger partial charge in [-0.2, -0.15) is 4.31 Å². The molecule has 1 fully saturated rings. The number of nitrogens with zero attached hydrogens (tertiary/aromatic N) is 3. The highest BCUT2D eigenvalue weighted by atomic mass is 32.2. The lowest BCUT2D eigenvalue weighted by Crippen LogP contribution is -2.40. The van der Waals surface area contributed by atoms with Crippen LogP contribution < -0.4 is 5.32 Å². The highest BCUT2D eigenvalue weighted by molar-refractivity contribution is 7.89. The molecule has 11 heteroatoms. The number of ether oxygens (including phenoxy) is 1. The number of fused-ring (bicyclic) bond motifs is 1. The maximum absolute atomic E-state index is 12.7. The van der Waals surface area contributed by atoms with Gasteiger partial charge < -0.3 is 10.1 Å². The smallest absolute Gasteiger partial charge is 0.275 e. The van der Waals surface area contributed by atoms with Crippen molar-refractivity contribution in [2.24, 2.45) is 4.99 Å². The first kappa shape index (κ1) is 19.2. The lowest BCUT2D eigenvalue weighted by molar-refractivity contribution is -0.384. The third-order valence-corrected chi connectivity index (χ3v) is 6.53. The summed E-state index contributed by atoms with van der Waals surface area (Å²) in [6, 6.07) is 9.85. The van der Waals surface area contributed by atoms with Gasteiger partial charge in [-0.15, -0.1) is 0 Å². The number of non-ortho nitro benzene ring substituents is 1. The number of carbonyl (C=O) groups is 1. The van der Waals surface area contributed by atoms with Crippen LogP contribution in [0.5, 0.6) is 0 Å². The van der Waals surface area contributed by atoms with Crippen molar-refractivity contribution < 1.29 is 22.9 Å². The molecule has 1 saturated heterocycles. The van der Waals surface area contributed by atoms with Gasteiger partial charge in [-0.1, -0.05) is 0 Å². The van der Waals surface area contributed by atoms with Gasteiger partial charge in [0.25, 0.3) is 11.6 Å². The molecule has 0 saturated carbocycles. The highest BCUT2D eigenvalue weighted by Crippen LogP contribution is 2.29. The SMILES string of the molecule is O=C1Nc2ccc([N+](=O)[O-])cc2C1=Nc1ccc(S(=O)(=O)N2CCOCC2)cc1. The summed E-state index contributed by atoms with van der Waals surface area (Å²) in [5.41, 5.74) is 1.00. The first-order valence-electron chi connectivity index (χ1n) is 8.73. The summed E-state index contributed by atoms with van der Waals surface area (Å²) < 4.78 is 31.9. The van der Waals surface area contributed by atoms with Crippen molar-refractivity contribution in [3.8, 4) is 0 Å². The van der Waals surface area contributed by atoms with E-state index in [4.69, 9.17) is 4.74 Å². The third kappa shape index (κ3) is 3.62. The van der Waals surface area contributed by atoms with Crippen LogP contribution in [-0.2, 0) is 19.6 Å². The number of aliphatic imine (C=N–C) groups is 1. The molecular weight excluding hydrogens is 400 g/mol. The Morgan fingerprint density at radius 1 is 1.10 bits per heavy atom. The quantitative estimate of drug-likeness (QED) is 0.596. The zero-order valence-corrected chi connectivity index (χ0v) is 15.9. The summed E-state index contributed by atoms with van der Waals surface area (Å²) in [6.45, 7) is 1.29. The van der Waals surface area contributed by atoms with Crippen LogP contribution in [-0.4, -0.2) is 55.6 Å². The van der Waals surface area contributed by atoms with Gasteiger partial charge >= 0.3 is 0 Å². The number of amides is 1. The van der Waals surface area contributed by atoms with E-state index in [1.807, 2.05) is 0 Å². The number of anilines is 1. The van der Waals surface area contributed by atoms with Gasteiger partial charge in [0.05, 0.1) is 34.4 Å². The predicted molar refractivity (Wildman–Crippen MR) is 104 cm³/mol. The Morgan fingerprint density at radius 2 is 1.79 bits per heavy atom.